The Bertz CT molecular complexity index is 397. The highest BCUT2D eigenvalue weighted by atomic mass is 35.5. The highest BCUT2D eigenvalue weighted by molar-refractivity contribution is 6.33. The van der Waals surface area contributed by atoms with Gasteiger partial charge < -0.3 is 5.11 Å². The molecule has 0 fully saturated rings. The maximum absolute atomic E-state index is 13.0. The molecular weight excluding hydrogens is 217 g/mol. The molecule has 7 heteroatoms. The van der Waals surface area contributed by atoms with E-state index < -0.39 is 33.0 Å². The van der Waals surface area contributed by atoms with E-state index in [1.54, 1.807) is 0 Å². The summed E-state index contributed by atoms with van der Waals surface area (Å²) in [6.45, 7) is 0. The van der Waals surface area contributed by atoms with Gasteiger partial charge in [-0.15, -0.1) is 0 Å². The quantitative estimate of drug-likeness (QED) is 0.610. The number of aromatic carboxylic acids is 1. The van der Waals surface area contributed by atoms with Gasteiger partial charge in [-0.1, -0.05) is 11.6 Å². The van der Waals surface area contributed by atoms with Crippen LogP contribution in [0.2, 0.25) is 5.02 Å². The molecule has 0 aliphatic carbocycles. The van der Waals surface area contributed by atoms with Crippen LogP contribution >= 0.6 is 11.6 Å². The second-order valence-corrected chi connectivity index (χ2v) is 2.75. The fraction of sp³-hybridized carbons (Fsp3) is 0. The largest absolute Gasteiger partial charge is 0.478 e. The number of hydrogen-bond acceptors (Lipinski definition) is 3. The Hall–Kier alpha value is -1.69. The number of hydrogen-bond donors (Lipinski definition) is 1. The number of rotatable bonds is 2. The van der Waals surface area contributed by atoms with Crippen molar-refractivity contribution < 1.29 is 19.2 Å². The van der Waals surface area contributed by atoms with Crippen LogP contribution in [0.5, 0.6) is 0 Å². The molecule has 0 atom stereocenters. The summed E-state index contributed by atoms with van der Waals surface area (Å²) in [4.78, 5) is 19.8. The molecule has 0 spiro atoms. The summed E-state index contributed by atoms with van der Waals surface area (Å²) in [5.41, 5.74) is -1.35. The smallest absolute Gasteiger partial charge is 0.340 e. The van der Waals surface area contributed by atoms with E-state index in [-0.39, 0.29) is 0 Å². The molecule has 0 aliphatic heterocycles. The first-order chi connectivity index (χ1) is 6.43. The Labute approximate surface area is 81.9 Å². The van der Waals surface area contributed by atoms with E-state index in [0.717, 1.165) is 6.07 Å². The molecule has 0 heterocycles. The van der Waals surface area contributed by atoms with E-state index in [9.17, 15) is 19.3 Å². The van der Waals surface area contributed by atoms with Gasteiger partial charge in [-0.3, -0.25) is 10.1 Å². The van der Waals surface area contributed by atoms with Gasteiger partial charge in [0.05, 0.1) is 16.0 Å². The minimum atomic E-state index is -1.57. The molecule has 0 saturated heterocycles. The Kier molecular flexibility index (Phi) is 2.66. The van der Waals surface area contributed by atoms with Crippen LogP contribution in [0.1, 0.15) is 10.4 Å². The maximum Gasteiger partial charge on any atom is 0.340 e. The third kappa shape index (κ3) is 1.80. The lowest BCUT2D eigenvalue weighted by Crippen LogP contribution is -2.02. The van der Waals surface area contributed by atoms with E-state index in [0.29, 0.717) is 6.07 Å². The third-order valence-electron chi connectivity index (χ3n) is 1.45. The van der Waals surface area contributed by atoms with E-state index in [1.807, 2.05) is 0 Å². The number of halogens is 2. The van der Waals surface area contributed by atoms with Crippen molar-refractivity contribution in [2.45, 2.75) is 0 Å². The molecule has 0 saturated carbocycles. The van der Waals surface area contributed by atoms with E-state index in [2.05, 4.69) is 0 Å². The van der Waals surface area contributed by atoms with Gasteiger partial charge in [0, 0.05) is 6.07 Å². The molecule has 1 rings (SSSR count). The summed E-state index contributed by atoms with van der Waals surface area (Å²) in [5, 5.41) is 18.2. The van der Waals surface area contributed by atoms with Crippen LogP contribution < -0.4 is 0 Å². The molecule has 0 bridgehead atoms. The van der Waals surface area contributed by atoms with Crippen molar-refractivity contribution in [3.05, 3.63) is 38.7 Å². The Morgan fingerprint density at radius 2 is 2.14 bits per heavy atom. The van der Waals surface area contributed by atoms with E-state index in [1.165, 1.54) is 0 Å². The number of benzene rings is 1. The minimum absolute atomic E-state index is 0.496. The molecule has 5 nitrogen and oxygen atoms in total. The SMILES string of the molecule is O=C(O)c1c(F)cc([N+](=O)[O-])cc1Cl. The first-order valence-electron chi connectivity index (χ1n) is 3.30. The van der Waals surface area contributed by atoms with Gasteiger partial charge in [0.2, 0.25) is 0 Å². The lowest BCUT2D eigenvalue weighted by molar-refractivity contribution is -0.385. The van der Waals surface area contributed by atoms with E-state index in [4.69, 9.17) is 16.7 Å². The van der Waals surface area contributed by atoms with Gasteiger partial charge in [0.1, 0.15) is 11.4 Å². The summed E-state index contributed by atoms with van der Waals surface area (Å²) < 4.78 is 13.0. The zero-order valence-electron chi connectivity index (χ0n) is 6.53. The molecule has 0 unspecified atom stereocenters. The molecule has 0 aromatic heterocycles. The molecule has 0 radical (unpaired) electrons. The van der Waals surface area contributed by atoms with Crippen LogP contribution in [0.4, 0.5) is 10.1 Å². The van der Waals surface area contributed by atoms with Gasteiger partial charge >= 0.3 is 5.97 Å². The number of nitrogens with zero attached hydrogens (tertiary/aromatic N) is 1. The van der Waals surface area contributed by atoms with Gasteiger partial charge in [-0.05, 0) is 0 Å². The van der Waals surface area contributed by atoms with Gasteiger partial charge in [0.15, 0.2) is 0 Å². The number of carboxylic acids is 1. The zero-order chi connectivity index (χ0) is 10.9. The standard InChI is InChI=1S/C7H3ClFNO4/c8-4-1-3(10(13)14)2-5(9)6(4)7(11)12/h1-2H,(H,11,12). The predicted molar refractivity (Wildman–Crippen MR) is 45.0 cm³/mol. The summed E-state index contributed by atoms with van der Waals surface area (Å²) >= 11 is 5.35. The maximum atomic E-state index is 13.0. The highest BCUT2D eigenvalue weighted by Gasteiger charge is 2.20. The van der Waals surface area contributed by atoms with Gasteiger partial charge in [0.25, 0.3) is 5.69 Å². The number of nitro benzene ring substituents is 1. The molecule has 0 amide bonds. The second-order valence-electron chi connectivity index (χ2n) is 2.35. The van der Waals surface area contributed by atoms with Crippen LogP contribution in [0.25, 0.3) is 0 Å². The van der Waals surface area contributed by atoms with Crippen molar-refractivity contribution in [1.82, 2.24) is 0 Å². The monoisotopic (exact) mass is 219 g/mol. The van der Waals surface area contributed by atoms with Crippen LogP contribution in [0.15, 0.2) is 12.1 Å². The Balaban J connectivity index is 3.39. The van der Waals surface area contributed by atoms with Crippen molar-refractivity contribution in [1.29, 1.82) is 0 Å². The van der Waals surface area contributed by atoms with Gasteiger partial charge in [-0.25, -0.2) is 9.18 Å². The fourth-order valence-electron chi connectivity index (χ4n) is 0.869. The molecular formula is C7H3ClFNO4. The zero-order valence-corrected chi connectivity index (χ0v) is 7.29. The average Bonchev–Trinajstić information content (AvgIpc) is 2.01. The third-order valence-corrected chi connectivity index (χ3v) is 1.75. The summed E-state index contributed by atoms with van der Waals surface area (Å²) in [5.74, 6) is -2.79. The molecule has 0 aliphatic rings. The average molecular weight is 220 g/mol. The van der Waals surface area contributed by atoms with Gasteiger partial charge in [-0.2, -0.15) is 0 Å². The minimum Gasteiger partial charge on any atom is -0.478 e. The second kappa shape index (κ2) is 3.59. The summed E-state index contributed by atoms with van der Waals surface area (Å²) in [6, 6.07) is 1.30. The predicted octanol–water partition coefficient (Wildman–Crippen LogP) is 2.09. The number of nitro groups is 1. The molecule has 1 aromatic carbocycles. The van der Waals surface area contributed by atoms with Crippen LogP contribution in [0, 0.1) is 15.9 Å². The summed E-state index contributed by atoms with van der Waals surface area (Å²) in [7, 11) is 0. The van der Waals surface area contributed by atoms with Crippen LogP contribution in [0.3, 0.4) is 0 Å². The van der Waals surface area contributed by atoms with Crippen molar-refractivity contribution in [2.75, 3.05) is 0 Å². The van der Waals surface area contributed by atoms with Crippen molar-refractivity contribution in [3.8, 4) is 0 Å². The first kappa shape index (κ1) is 10.4. The van der Waals surface area contributed by atoms with E-state index >= 15 is 0 Å². The van der Waals surface area contributed by atoms with Crippen molar-refractivity contribution >= 4 is 23.3 Å². The lowest BCUT2D eigenvalue weighted by Gasteiger charge is -1.99. The molecule has 14 heavy (non-hydrogen) atoms. The van der Waals surface area contributed by atoms with Crippen molar-refractivity contribution in [3.63, 3.8) is 0 Å². The highest BCUT2D eigenvalue weighted by Crippen LogP contribution is 2.25. The topological polar surface area (TPSA) is 80.4 Å². The van der Waals surface area contributed by atoms with Crippen LogP contribution in [-0.4, -0.2) is 16.0 Å². The first-order valence-corrected chi connectivity index (χ1v) is 3.68. The molecule has 1 aromatic rings. The van der Waals surface area contributed by atoms with Crippen molar-refractivity contribution in [2.24, 2.45) is 0 Å². The Morgan fingerprint density at radius 3 is 2.50 bits per heavy atom. The lowest BCUT2D eigenvalue weighted by atomic mass is 10.2. The number of carboxylic acid groups (broad SMARTS) is 1. The summed E-state index contributed by atoms with van der Waals surface area (Å²) in [6.07, 6.45) is 0. The number of carbonyl (C=O) groups is 1. The molecule has 1 N–H and O–H groups in total. The fourth-order valence-corrected chi connectivity index (χ4v) is 1.15. The van der Waals surface area contributed by atoms with Crippen LogP contribution in [-0.2, 0) is 0 Å². The normalized spacial score (nSPS) is 9.86. The molecule has 74 valence electrons. The Morgan fingerprint density at radius 1 is 1.57 bits per heavy atom. The number of non-ortho nitro benzene ring substituents is 1.